The van der Waals surface area contributed by atoms with E-state index in [1.165, 1.54) is 28.8 Å². The van der Waals surface area contributed by atoms with E-state index in [1.807, 2.05) is 35.4 Å². The molecule has 176 valence electrons. The lowest BCUT2D eigenvalue weighted by Crippen LogP contribution is -2.37. The zero-order valence-electron chi connectivity index (χ0n) is 19.7. The molecular formula is C28H32N4O2. The monoisotopic (exact) mass is 456 g/mol. The fourth-order valence-electron chi connectivity index (χ4n) is 4.81. The number of nitrogens with one attached hydrogen (secondary N) is 2. The number of nitrogens with zero attached hydrogens (tertiary/aromatic N) is 2. The molecule has 1 amide bonds. The van der Waals surface area contributed by atoms with Crippen LogP contribution in [0.1, 0.15) is 40.7 Å². The minimum atomic E-state index is 0.0329. The fourth-order valence-corrected chi connectivity index (χ4v) is 4.81. The van der Waals surface area contributed by atoms with Crippen molar-refractivity contribution in [1.29, 1.82) is 0 Å². The number of hydrogen-bond acceptors (Lipinski definition) is 5. The number of allylic oxidation sites excluding steroid dienone is 4. The van der Waals surface area contributed by atoms with Gasteiger partial charge in [-0.05, 0) is 66.3 Å². The van der Waals surface area contributed by atoms with Crippen LogP contribution in [0.25, 0.3) is 5.57 Å². The molecule has 0 radical (unpaired) electrons. The van der Waals surface area contributed by atoms with Gasteiger partial charge >= 0.3 is 0 Å². The van der Waals surface area contributed by atoms with Gasteiger partial charge in [0.1, 0.15) is 5.75 Å². The van der Waals surface area contributed by atoms with Crippen LogP contribution in [0.3, 0.4) is 0 Å². The number of hydrogen-bond donors (Lipinski definition) is 2. The van der Waals surface area contributed by atoms with Crippen LogP contribution in [0.2, 0.25) is 0 Å². The molecule has 6 nitrogen and oxygen atoms in total. The molecule has 0 saturated carbocycles. The van der Waals surface area contributed by atoms with Crippen molar-refractivity contribution in [1.82, 2.24) is 15.5 Å². The van der Waals surface area contributed by atoms with Crippen LogP contribution in [0, 0.1) is 0 Å². The van der Waals surface area contributed by atoms with E-state index in [9.17, 15) is 4.79 Å². The van der Waals surface area contributed by atoms with E-state index in [0.717, 1.165) is 38.3 Å². The quantitative estimate of drug-likeness (QED) is 0.704. The number of carbonyl (C=O) groups excluding carboxylic acids is 1. The molecule has 5 rings (SSSR count). The molecule has 3 aliphatic rings. The van der Waals surface area contributed by atoms with Gasteiger partial charge in [-0.15, -0.1) is 0 Å². The lowest BCUT2D eigenvalue weighted by Gasteiger charge is -2.25. The molecule has 2 aliphatic heterocycles. The highest BCUT2D eigenvalue weighted by Crippen LogP contribution is 2.31. The predicted octanol–water partition coefficient (Wildman–Crippen LogP) is 4.27. The van der Waals surface area contributed by atoms with E-state index in [-0.39, 0.29) is 5.91 Å². The molecule has 2 aromatic rings. The molecule has 0 aromatic heterocycles. The van der Waals surface area contributed by atoms with Gasteiger partial charge in [0, 0.05) is 42.8 Å². The Balaban J connectivity index is 1.48. The third-order valence-electron chi connectivity index (χ3n) is 6.65. The number of amides is 1. The molecular weight excluding hydrogens is 424 g/mol. The maximum absolute atomic E-state index is 13.5. The van der Waals surface area contributed by atoms with Crippen LogP contribution in [0.15, 0.2) is 72.6 Å². The average molecular weight is 457 g/mol. The minimum absolute atomic E-state index is 0.0329. The second-order valence-corrected chi connectivity index (χ2v) is 8.94. The van der Waals surface area contributed by atoms with Gasteiger partial charge in [0.25, 0.3) is 5.91 Å². The Morgan fingerprint density at radius 2 is 2.06 bits per heavy atom. The van der Waals surface area contributed by atoms with E-state index >= 15 is 0 Å². The SMILES string of the molecule is COc1cccc(C(=O)N2CCN(CC3=CNCN3)c3ccc(C4=CCCCC=C4)cc3C2)c1. The van der Waals surface area contributed by atoms with E-state index < -0.39 is 0 Å². The van der Waals surface area contributed by atoms with Gasteiger partial charge in [-0.2, -0.15) is 0 Å². The largest absolute Gasteiger partial charge is 0.497 e. The zero-order chi connectivity index (χ0) is 23.3. The Morgan fingerprint density at radius 3 is 2.91 bits per heavy atom. The summed E-state index contributed by atoms with van der Waals surface area (Å²) in [6.07, 6.45) is 12.3. The first kappa shape index (κ1) is 22.1. The summed E-state index contributed by atoms with van der Waals surface area (Å²) < 4.78 is 5.35. The number of carbonyl (C=O) groups is 1. The van der Waals surface area contributed by atoms with Crippen LogP contribution in [-0.4, -0.2) is 44.2 Å². The molecule has 2 heterocycles. The summed E-state index contributed by atoms with van der Waals surface area (Å²) in [5.74, 6) is 0.731. The lowest BCUT2D eigenvalue weighted by molar-refractivity contribution is 0.0751. The van der Waals surface area contributed by atoms with Crippen molar-refractivity contribution in [2.45, 2.75) is 25.8 Å². The first-order valence-corrected chi connectivity index (χ1v) is 12.1. The number of methoxy groups -OCH3 is 1. The maximum Gasteiger partial charge on any atom is 0.254 e. The number of benzene rings is 2. The normalized spacial score (nSPS) is 17.6. The van der Waals surface area contributed by atoms with Gasteiger partial charge in [-0.1, -0.05) is 30.4 Å². The highest BCUT2D eigenvalue weighted by Gasteiger charge is 2.25. The van der Waals surface area contributed by atoms with Crippen molar-refractivity contribution in [3.63, 3.8) is 0 Å². The third kappa shape index (κ3) is 4.81. The summed E-state index contributed by atoms with van der Waals surface area (Å²) in [5, 5.41) is 6.62. The Morgan fingerprint density at radius 1 is 1.12 bits per heavy atom. The second-order valence-electron chi connectivity index (χ2n) is 8.94. The summed E-state index contributed by atoms with van der Waals surface area (Å²) in [7, 11) is 1.63. The number of rotatable bonds is 5. The van der Waals surface area contributed by atoms with Gasteiger partial charge < -0.3 is 25.2 Å². The first-order chi connectivity index (χ1) is 16.7. The van der Waals surface area contributed by atoms with Gasteiger partial charge in [0.15, 0.2) is 0 Å². The summed E-state index contributed by atoms with van der Waals surface area (Å²) >= 11 is 0. The molecule has 2 aromatic carbocycles. The van der Waals surface area contributed by atoms with Crippen molar-refractivity contribution in [3.05, 3.63) is 89.3 Å². The number of anilines is 1. The van der Waals surface area contributed by atoms with Crippen molar-refractivity contribution < 1.29 is 9.53 Å². The topological polar surface area (TPSA) is 56.8 Å². The van der Waals surface area contributed by atoms with Gasteiger partial charge in [-0.25, -0.2) is 0 Å². The molecule has 2 N–H and O–H groups in total. The highest BCUT2D eigenvalue weighted by molar-refractivity contribution is 5.95. The molecule has 6 heteroatoms. The summed E-state index contributed by atoms with van der Waals surface area (Å²) in [6, 6.07) is 14.2. The summed E-state index contributed by atoms with van der Waals surface area (Å²) in [4.78, 5) is 17.8. The van der Waals surface area contributed by atoms with Crippen molar-refractivity contribution in [2.24, 2.45) is 0 Å². The van der Waals surface area contributed by atoms with Crippen LogP contribution in [0.5, 0.6) is 5.75 Å². The van der Waals surface area contributed by atoms with Crippen LogP contribution in [-0.2, 0) is 6.54 Å². The molecule has 0 fully saturated rings. The van der Waals surface area contributed by atoms with Crippen molar-refractivity contribution in [3.8, 4) is 5.75 Å². The zero-order valence-corrected chi connectivity index (χ0v) is 19.7. The van der Waals surface area contributed by atoms with Gasteiger partial charge in [0.05, 0.1) is 20.3 Å². The molecule has 0 unspecified atom stereocenters. The maximum atomic E-state index is 13.5. The Kier molecular flexibility index (Phi) is 6.56. The Hall–Kier alpha value is -3.67. The molecule has 0 saturated heterocycles. The summed E-state index contributed by atoms with van der Waals surface area (Å²) in [5.41, 5.74) is 6.67. The number of fused-ring (bicyclic) bond motifs is 1. The van der Waals surface area contributed by atoms with E-state index in [2.05, 4.69) is 52.0 Å². The Bertz CT molecular complexity index is 1150. The number of ether oxygens (including phenoxy) is 1. The molecule has 0 spiro atoms. The summed E-state index contributed by atoms with van der Waals surface area (Å²) in [6.45, 7) is 3.55. The first-order valence-electron chi connectivity index (χ1n) is 12.1. The highest BCUT2D eigenvalue weighted by atomic mass is 16.5. The van der Waals surface area contributed by atoms with E-state index in [1.54, 1.807) is 7.11 Å². The smallest absolute Gasteiger partial charge is 0.254 e. The molecule has 34 heavy (non-hydrogen) atoms. The van der Waals surface area contributed by atoms with Crippen molar-refractivity contribution in [2.75, 3.05) is 38.3 Å². The van der Waals surface area contributed by atoms with E-state index in [0.29, 0.717) is 24.4 Å². The van der Waals surface area contributed by atoms with Gasteiger partial charge in [0.2, 0.25) is 0 Å². The Labute approximate surface area is 201 Å². The fraction of sp³-hybridized carbons (Fsp3) is 0.321. The minimum Gasteiger partial charge on any atom is -0.497 e. The molecule has 0 atom stereocenters. The standard InChI is InChI=1S/C28H32N4O2/c1-34-26-10-6-9-23(16-26)28(33)32-14-13-31(19-25-17-29-20-30-25)27-12-11-22(15-24(27)18-32)21-7-4-2-3-5-8-21/h4,6-12,15-17,29-30H,2-3,5,13-14,18-20H2,1H3. The van der Waals surface area contributed by atoms with E-state index in [4.69, 9.17) is 4.74 Å². The molecule has 0 bridgehead atoms. The van der Waals surface area contributed by atoms with Crippen LogP contribution in [0.4, 0.5) is 5.69 Å². The van der Waals surface area contributed by atoms with Gasteiger partial charge in [-0.3, -0.25) is 4.79 Å². The lowest BCUT2D eigenvalue weighted by atomic mass is 10.00. The van der Waals surface area contributed by atoms with Crippen molar-refractivity contribution >= 4 is 17.2 Å². The molecule has 1 aliphatic carbocycles. The predicted molar refractivity (Wildman–Crippen MR) is 137 cm³/mol. The van der Waals surface area contributed by atoms with Crippen LogP contribution >= 0.6 is 0 Å². The third-order valence-corrected chi connectivity index (χ3v) is 6.65. The second kappa shape index (κ2) is 10.1. The average Bonchev–Trinajstić information content (AvgIpc) is 3.14. The van der Waals surface area contributed by atoms with Crippen LogP contribution < -0.4 is 20.3 Å².